The molecule has 5 nitrogen and oxygen atoms in total. The van der Waals surface area contributed by atoms with Crippen molar-refractivity contribution in [2.75, 3.05) is 25.1 Å². The molecule has 2 aromatic heterocycles. The van der Waals surface area contributed by atoms with Gasteiger partial charge in [-0.15, -0.1) is 0 Å². The predicted molar refractivity (Wildman–Crippen MR) is 112 cm³/mol. The van der Waals surface area contributed by atoms with Crippen molar-refractivity contribution < 1.29 is 4.74 Å². The Morgan fingerprint density at radius 3 is 2.50 bits per heavy atom. The molecule has 3 heterocycles. The molecule has 1 aliphatic rings. The Hall–Kier alpha value is -3.47. The third-order valence-corrected chi connectivity index (χ3v) is 5.15. The van der Waals surface area contributed by atoms with E-state index in [4.69, 9.17) is 14.7 Å². The molecular formula is C23H20N4O. The normalized spacial score (nSPS) is 13.4. The first-order valence-corrected chi connectivity index (χ1v) is 9.43. The number of aromatic nitrogens is 3. The number of hydrogen-bond donors (Lipinski definition) is 0. The first-order valence-electron chi connectivity index (χ1n) is 9.43. The maximum Gasteiger partial charge on any atom is 0.163 e. The van der Waals surface area contributed by atoms with E-state index < -0.39 is 0 Å². The van der Waals surface area contributed by atoms with Crippen LogP contribution in [0.5, 0.6) is 5.75 Å². The lowest BCUT2D eigenvalue weighted by atomic mass is 10.0. The molecule has 1 fully saturated rings. The Morgan fingerprint density at radius 2 is 1.75 bits per heavy atom. The molecule has 0 unspecified atom stereocenters. The lowest BCUT2D eigenvalue weighted by Crippen LogP contribution is -2.37. The number of benzene rings is 2. The topological polar surface area (TPSA) is 51.1 Å². The van der Waals surface area contributed by atoms with Gasteiger partial charge in [0.05, 0.1) is 12.6 Å². The Balaban J connectivity index is 1.67. The average molecular weight is 368 g/mol. The van der Waals surface area contributed by atoms with E-state index in [9.17, 15) is 0 Å². The van der Waals surface area contributed by atoms with Crippen LogP contribution in [0.15, 0.2) is 67.0 Å². The van der Waals surface area contributed by atoms with Crippen LogP contribution in [0.4, 0.5) is 5.82 Å². The monoisotopic (exact) mass is 368 g/mol. The predicted octanol–water partition coefficient (Wildman–Crippen LogP) is 4.58. The highest BCUT2D eigenvalue weighted by Crippen LogP contribution is 2.33. The zero-order chi connectivity index (χ0) is 18.9. The van der Waals surface area contributed by atoms with Crippen LogP contribution in [0, 0.1) is 0 Å². The highest BCUT2D eigenvalue weighted by molar-refractivity contribution is 5.94. The fourth-order valence-corrected chi connectivity index (χ4v) is 3.49. The van der Waals surface area contributed by atoms with Gasteiger partial charge in [0.2, 0.25) is 0 Å². The van der Waals surface area contributed by atoms with Crippen LogP contribution in [0.2, 0.25) is 0 Å². The Kier molecular flexibility index (Phi) is 4.13. The molecule has 1 saturated heterocycles. The average Bonchev–Trinajstić information content (AvgIpc) is 2.73. The molecule has 28 heavy (non-hydrogen) atoms. The quantitative estimate of drug-likeness (QED) is 0.528. The summed E-state index contributed by atoms with van der Waals surface area (Å²) in [6, 6.07) is 18.4. The number of hydrogen-bond acceptors (Lipinski definition) is 5. The summed E-state index contributed by atoms with van der Waals surface area (Å²) in [7, 11) is 1.69. The van der Waals surface area contributed by atoms with Gasteiger partial charge in [-0.2, -0.15) is 0 Å². The molecule has 138 valence electrons. The summed E-state index contributed by atoms with van der Waals surface area (Å²) in [5, 5.41) is 1.08. The van der Waals surface area contributed by atoms with Crippen LogP contribution in [-0.2, 0) is 0 Å². The largest absolute Gasteiger partial charge is 0.497 e. The van der Waals surface area contributed by atoms with Gasteiger partial charge in [0.15, 0.2) is 5.82 Å². The summed E-state index contributed by atoms with van der Waals surface area (Å²) in [6.45, 7) is 2.06. The Labute approximate surface area is 163 Å². The van der Waals surface area contributed by atoms with Crippen LogP contribution in [-0.4, -0.2) is 35.2 Å². The van der Waals surface area contributed by atoms with Crippen molar-refractivity contribution in [2.24, 2.45) is 0 Å². The van der Waals surface area contributed by atoms with Crippen LogP contribution in [0.1, 0.15) is 6.42 Å². The van der Waals surface area contributed by atoms with Gasteiger partial charge in [0.25, 0.3) is 0 Å². The smallest absolute Gasteiger partial charge is 0.163 e. The third kappa shape index (κ3) is 2.95. The van der Waals surface area contributed by atoms with E-state index >= 15 is 0 Å². The minimum Gasteiger partial charge on any atom is -0.497 e. The maximum absolute atomic E-state index is 5.38. The molecule has 4 aromatic rings. The summed E-state index contributed by atoms with van der Waals surface area (Å²) in [4.78, 5) is 16.3. The SMILES string of the molecule is COc1cccc(-c2ccc3nc(-c4cccnc4)nc(N4CCC4)c3c2)c1. The number of ether oxygens (including phenoxy) is 1. The Bertz CT molecular complexity index is 1140. The first-order chi connectivity index (χ1) is 13.8. The molecule has 1 aliphatic heterocycles. The third-order valence-electron chi connectivity index (χ3n) is 5.15. The van der Waals surface area contributed by atoms with Crippen LogP contribution < -0.4 is 9.64 Å². The van der Waals surface area contributed by atoms with Gasteiger partial charge >= 0.3 is 0 Å². The molecule has 0 N–H and O–H groups in total. The molecule has 5 rings (SSSR count). The van der Waals surface area contributed by atoms with Crippen molar-refractivity contribution in [1.82, 2.24) is 15.0 Å². The van der Waals surface area contributed by atoms with Crippen molar-refractivity contribution in [3.63, 3.8) is 0 Å². The lowest BCUT2D eigenvalue weighted by Gasteiger charge is -2.33. The van der Waals surface area contributed by atoms with E-state index in [1.165, 1.54) is 6.42 Å². The number of fused-ring (bicyclic) bond motifs is 1. The van der Waals surface area contributed by atoms with Gasteiger partial charge in [0, 0.05) is 36.4 Å². The van der Waals surface area contributed by atoms with Gasteiger partial charge in [-0.05, 0) is 53.9 Å². The second-order valence-electron chi connectivity index (χ2n) is 6.92. The van der Waals surface area contributed by atoms with E-state index in [1.54, 1.807) is 13.3 Å². The Morgan fingerprint density at radius 1 is 0.893 bits per heavy atom. The van der Waals surface area contributed by atoms with E-state index in [0.29, 0.717) is 0 Å². The molecule has 0 atom stereocenters. The van der Waals surface area contributed by atoms with Crippen LogP contribution in [0.3, 0.4) is 0 Å². The zero-order valence-electron chi connectivity index (χ0n) is 15.7. The number of pyridine rings is 1. The second kappa shape index (κ2) is 6.93. The van der Waals surface area contributed by atoms with Crippen molar-refractivity contribution in [3.8, 4) is 28.3 Å². The van der Waals surface area contributed by atoms with Crippen molar-refractivity contribution in [1.29, 1.82) is 0 Å². The fraction of sp³-hybridized carbons (Fsp3) is 0.174. The number of anilines is 1. The van der Waals surface area contributed by atoms with E-state index in [0.717, 1.165) is 58.1 Å². The van der Waals surface area contributed by atoms with Crippen molar-refractivity contribution in [2.45, 2.75) is 6.42 Å². The van der Waals surface area contributed by atoms with E-state index in [2.05, 4.69) is 40.2 Å². The van der Waals surface area contributed by atoms with Crippen LogP contribution >= 0.6 is 0 Å². The van der Waals surface area contributed by atoms with E-state index in [1.807, 2.05) is 30.5 Å². The standard InChI is InChI=1S/C23H20N4O/c1-28-19-7-2-5-16(13-19)17-8-9-21-20(14-17)23(27-11-4-12-27)26-22(25-21)18-6-3-10-24-15-18/h2-3,5-10,13-15H,4,11-12H2,1H3. The minimum atomic E-state index is 0.719. The molecule has 5 heteroatoms. The molecule has 0 spiro atoms. The summed E-state index contributed by atoms with van der Waals surface area (Å²) in [5.74, 6) is 2.57. The summed E-state index contributed by atoms with van der Waals surface area (Å²) >= 11 is 0. The molecule has 2 aromatic carbocycles. The molecule has 0 saturated carbocycles. The highest BCUT2D eigenvalue weighted by Gasteiger charge is 2.21. The lowest BCUT2D eigenvalue weighted by molar-refractivity contribution is 0.415. The highest BCUT2D eigenvalue weighted by atomic mass is 16.5. The number of nitrogens with zero attached hydrogens (tertiary/aromatic N) is 4. The van der Waals surface area contributed by atoms with Gasteiger partial charge < -0.3 is 9.64 Å². The maximum atomic E-state index is 5.38. The molecular weight excluding hydrogens is 348 g/mol. The van der Waals surface area contributed by atoms with Gasteiger partial charge in [-0.25, -0.2) is 9.97 Å². The zero-order valence-corrected chi connectivity index (χ0v) is 15.7. The second-order valence-corrected chi connectivity index (χ2v) is 6.92. The van der Waals surface area contributed by atoms with Gasteiger partial charge in [0.1, 0.15) is 11.6 Å². The first kappa shape index (κ1) is 16.7. The van der Waals surface area contributed by atoms with Gasteiger partial charge in [-0.1, -0.05) is 18.2 Å². The minimum absolute atomic E-state index is 0.719. The van der Waals surface area contributed by atoms with Crippen molar-refractivity contribution >= 4 is 16.7 Å². The number of methoxy groups -OCH3 is 1. The summed E-state index contributed by atoms with van der Waals surface area (Å²) in [5.41, 5.74) is 4.13. The summed E-state index contributed by atoms with van der Waals surface area (Å²) < 4.78 is 5.38. The molecule has 0 bridgehead atoms. The van der Waals surface area contributed by atoms with Crippen LogP contribution in [0.25, 0.3) is 33.4 Å². The molecule has 0 radical (unpaired) electrons. The molecule has 0 amide bonds. The number of rotatable bonds is 4. The van der Waals surface area contributed by atoms with E-state index in [-0.39, 0.29) is 0 Å². The fourth-order valence-electron chi connectivity index (χ4n) is 3.49. The van der Waals surface area contributed by atoms with Crippen molar-refractivity contribution in [3.05, 3.63) is 67.0 Å². The molecule has 0 aliphatic carbocycles. The van der Waals surface area contributed by atoms with Gasteiger partial charge in [-0.3, -0.25) is 4.98 Å². The summed E-state index contributed by atoms with van der Waals surface area (Å²) in [6.07, 6.45) is 4.77.